The van der Waals surface area contributed by atoms with Crippen LogP contribution in [0.3, 0.4) is 0 Å². The minimum absolute atomic E-state index is 0.224. The van der Waals surface area contributed by atoms with Crippen LogP contribution in [0.1, 0.15) is 40.7 Å². The Bertz CT molecular complexity index is 1350. The summed E-state index contributed by atoms with van der Waals surface area (Å²) in [6.07, 6.45) is 0.400. The minimum atomic E-state index is -0.577. The zero-order chi connectivity index (χ0) is 23.2. The first-order chi connectivity index (χ1) is 16.1. The topological polar surface area (TPSA) is 80.9 Å². The number of ether oxygens (including phenoxy) is 1. The van der Waals surface area contributed by atoms with E-state index < -0.39 is 17.5 Å². The Hall–Kier alpha value is -4.19. The van der Waals surface area contributed by atoms with Crippen molar-refractivity contribution in [1.82, 2.24) is 0 Å². The molecule has 1 heterocycles. The number of hydrogen-bond donors (Lipinski definition) is 1. The maximum Gasteiger partial charge on any atom is 0.340 e. The molecule has 1 N–H and O–H groups in total. The van der Waals surface area contributed by atoms with E-state index in [0.717, 1.165) is 17.0 Å². The number of nitrogens with zero attached hydrogens (tertiary/aromatic N) is 1. The second-order valence-corrected chi connectivity index (χ2v) is 7.66. The molecule has 0 amide bonds. The van der Waals surface area contributed by atoms with Crippen molar-refractivity contribution in [1.29, 1.82) is 0 Å². The first-order valence-electron chi connectivity index (χ1n) is 10.6. The van der Waals surface area contributed by atoms with Gasteiger partial charge in [0.1, 0.15) is 5.58 Å². The standard InChI is InChI=1S/C27H24N2O4/c1-18(28-29-20-13-7-4-8-14-20)17-22(19-11-5-3-6-12-19)25-24(26(30)32-2)21-15-9-10-16-23(21)33-27(25)31/h3-16,22,29H,17H2,1-2H3/t22-/m0/s1. The van der Waals surface area contributed by atoms with Gasteiger partial charge in [-0.1, -0.05) is 66.7 Å². The van der Waals surface area contributed by atoms with Crippen molar-refractivity contribution in [3.05, 3.63) is 112 Å². The Kier molecular flexibility index (Phi) is 6.64. The molecule has 3 aromatic carbocycles. The highest BCUT2D eigenvalue weighted by Crippen LogP contribution is 2.32. The molecule has 0 aliphatic rings. The number of hydrazone groups is 1. The summed E-state index contributed by atoms with van der Waals surface area (Å²) in [5, 5.41) is 5.03. The summed E-state index contributed by atoms with van der Waals surface area (Å²) >= 11 is 0. The van der Waals surface area contributed by atoms with E-state index in [1.807, 2.05) is 67.6 Å². The largest absolute Gasteiger partial charge is 0.465 e. The Morgan fingerprint density at radius 3 is 2.30 bits per heavy atom. The van der Waals surface area contributed by atoms with Crippen LogP contribution in [0.5, 0.6) is 0 Å². The fourth-order valence-electron chi connectivity index (χ4n) is 3.89. The highest BCUT2D eigenvalue weighted by atomic mass is 16.5. The molecule has 0 spiro atoms. The van der Waals surface area contributed by atoms with E-state index >= 15 is 0 Å². The number of nitrogens with one attached hydrogen (secondary N) is 1. The summed E-state index contributed by atoms with van der Waals surface area (Å²) in [6, 6.07) is 26.1. The van der Waals surface area contributed by atoms with Crippen molar-refractivity contribution in [2.45, 2.75) is 19.3 Å². The normalized spacial score (nSPS) is 12.4. The number of fused-ring (bicyclic) bond motifs is 1. The number of carbonyl (C=O) groups is 1. The molecule has 1 aromatic heterocycles. The van der Waals surface area contributed by atoms with Crippen molar-refractivity contribution in [3.63, 3.8) is 0 Å². The van der Waals surface area contributed by atoms with Crippen LogP contribution >= 0.6 is 0 Å². The van der Waals surface area contributed by atoms with Crippen LogP contribution in [-0.2, 0) is 4.74 Å². The molecule has 1 atom stereocenters. The highest BCUT2D eigenvalue weighted by molar-refractivity contribution is 6.04. The van der Waals surface area contributed by atoms with Crippen LogP contribution in [0.25, 0.3) is 11.0 Å². The third-order valence-electron chi connectivity index (χ3n) is 5.44. The van der Waals surface area contributed by atoms with Crippen molar-refractivity contribution in [3.8, 4) is 0 Å². The molecule has 0 saturated carbocycles. The number of esters is 1. The first kappa shape index (κ1) is 22.0. The van der Waals surface area contributed by atoms with Crippen molar-refractivity contribution in [2.24, 2.45) is 5.10 Å². The molecule has 33 heavy (non-hydrogen) atoms. The second kappa shape index (κ2) is 9.96. The molecule has 0 fully saturated rings. The third kappa shape index (κ3) is 4.85. The van der Waals surface area contributed by atoms with E-state index in [9.17, 15) is 9.59 Å². The molecule has 4 rings (SSSR count). The van der Waals surface area contributed by atoms with Gasteiger partial charge in [0, 0.05) is 17.0 Å². The van der Waals surface area contributed by atoms with E-state index in [2.05, 4.69) is 10.5 Å². The molecule has 0 radical (unpaired) electrons. The Labute approximate surface area is 191 Å². The van der Waals surface area contributed by atoms with Gasteiger partial charge in [-0.25, -0.2) is 9.59 Å². The van der Waals surface area contributed by atoms with E-state index in [1.165, 1.54) is 7.11 Å². The monoisotopic (exact) mass is 440 g/mol. The van der Waals surface area contributed by atoms with Crippen LogP contribution in [0.4, 0.5) is 5.69 Å². The molecular formula is C27H24N2O4. The summed E-state index contributed by atoms with van der Waals surface area (Å²) in [6.45, 7) is 1.88. The molecule has 6 nitrogen and oxygen atoms in total. The van der Waals surface area contributed by atoms with E-state index in [4.69, 9.17) is 9.15 Å². The lowest BCUT2D eigenvalue weighted by Gasteiger charge is -2.20. The SMILES string of the molecule is COC(=O)c1c([C@@H](CC(C)=NNc2ccccc2)c2ccccc2)c(=O)oc2ccccc12. The Morgan fingerprint density at radius 2 is 1.61 bits per heavy atom. The van der Waals surface area contributed by atoms with Crippen LogP contribution in [0.15, 0.2) is 99.2 Å². The molecule has 0 bridgehead atoms. The van der Waals surface area contributed by atoms with Gasteiger partial charge in [0.05, 0.1) is 23.9 Å². The summed E-state index contributed by atoms with van der Waals surface area (Å²) in [4.78, 5) is 26.1. The van der Waals surface area contributed by atoms with Gasteiger partial charge < -0.3 is 9.15 Å². The van der Waals surface area contributed by atoms with Crippen LogP contribution in [0, 0.1) is 0 Å². The Balaban J connectivity index is 1.84. The lowest BCUT2D eigenvalue weighted by atomic mass is 9.84. The lowest BCUT2D eigenvalue weighted by Crippen LogP contribution is -2.22. The summed E-state index contributed by atoms with van der Waals surface area (Å²) in [5.41, 5.74) is 5.80. The van der Waals surface area contributed by atoms with Gasteiger partial charge >= 0.3 is 11.6 Å². The number of para-hydroxylation sites is 2. The Morgan fingerprint density at radius 1 is 0.970 bits per heavy atom. The number of hydrogen-bond acceptors (Lipinski definition) is 6. The van der Waals surface area contributed by atoms with Gasteiger partial charge in [-0.2, -0.15) is 5.10 Å². The molecule has 0 aliphatic heterocycles. The summed E-state index contributed by atoms with van der Waals surface area (Å²) in [7, 11) is 1.31. The second-order valence-electron chi connectivity index (χ2n) is 7.66. The molecule has 0 saturated heterocycles. The summed E-state index contributed by atoms with van der Waals surface area (Å²) in [5.74, 6) is -1.03. The van der Waals surface area contributed by atoms with Crippen molar-refractivity contribution in [2.75, 3.05) is 12.5 Å². The van der Waals surface area contributed by atoms with Crippen LogP contribution in [0.2, 0.25) is 0 Å². The van der Waals surface area contributed by atoms with Gasteiger partial charge in [0.2, 0.25) is 0 Å². The van der Waals surface area contributed by atoms with Gasteiger partial charge in [0.15, 0.2) is 0 Å². The molecule has 4 aromatic rings. The third-order valence-corrected chi connectivity index (χ3v) is 5.44. The number of anilines is 1. The van der Waals surface area contributed by atoms with Gasteiger partial charge in [-0.3, -0.25) is 5.43 Å². The average Bonchev–Trinajstić information content (AvgIpc) is 2.86. The average molecular weight is 440 g/mol. The first-order valence-corrected chi connectivity index (χ1v) is 10.6. The molecule has 0 unspecified atom stereocenters. The number of benzene rings is 3. The predicted octanol–water partition coefficient (Wildman–Crippen LogP) is 5.59. The number of rotatable bonds is 7. The molecule has 166 valence electrons. The lowest BCUT2D eigenvalue weighted by molar-refractivity contribution is 0.0600. The number of methoxy groups -OCH3 is 1. The fourth-order valence-corrected chi connectivity index (χ4v) is 3.89. The van der Waals surface area contributed by atoms with Crippen LogP contribution in [-0.4, -0.2) is 18.8 Å². The van der Waals surface area contributed by atoms with Gasteiger partial charge in [-0.15, -0.1) is 0 Å². The van der Waals surface area contributed by atoms with Gasteiger partial charge in [-0.05, 0) is 37.1 Å². The predicted molar refractivity (Wildman–Crippen MR) is 130 cm³/mol. The zero-order valence-corrected chi connectivity index (χ0v) is 18.4. The van der Waals surface area contributed by atoms with E-state index in [0.29, 0.717) is 17.4 Å². The molecule has 6 heteroatoms. The quantitative estimate of drug-likeness (QED) is 0.175. The maximum atomic E-state index is 13.2. The highest BCUT2D eigenvalue weighted by Gasteiger charge is 2.29. The minimum Gasteiger partial charge on any atom is -0.465 e. The smallest absolute Gasteiger partial charge is 0.340 e. The van der Waals surface area contributed by atoms with Crippen LogP contribution < -0.4 is 11.1 Å². The van der Waals surface area contributed by atoms with Crippen molar-refractivity contribution >= 4 is 28.3 Å². The fraction of sp³-hybridized carbons (Fsp3) is 0.148. The summed E-state index contributed by atoms with van der Waals surface area (Å²) < 4.78 is 10.7. The van der Waals surface area contributed by atoms with E-state index in [-0.39, 0.29) is 11.1 Å². The zero-order valence-electron chi connectivity index (χ0n) is 18.4. The van der Waals surface area contributed by atoms with Crippen molar-refractivity contribution < 1.29 is 13.9 Å². The maximum absolute atomic E-state index is 13.2. The number of carbonyl (C=O) groups excluding carboxylic acids is 1. The van der Waals surface area contributed by atoms with Gasteiger partial charge in [0.25, 0.3) is 0 Å². The molecular weight excluding hydrogens is 416 g/mol. The van der Waals surface area contributed by atoms with E-state index in [1.54, 1.807) is 24.3 Å². The molecule has 0 aliphatic carbocycles.